The van der Waals surface area contributed by atoms with Crippen molar-refractivity contribution in [3.05, 3.63) is 104 Å². The second-order valence-corrected chi connectivity index (χ2v) is 15.8. The third kappa shape index (κ3) is 13.8. The minimum atomic E-state index is -0.761. The number of carbonyl (C=O) groups is 3. The van der Waals surface area contributed by atoms with Crippen LogP contribution in [0.3, 0.4) is 0 Å². The highest BCUT2D eigenvalue weighted by Gasteiger charge is 2.27. The molecule has 3 unspecified atom stereocenters. The van der Waals surface area contributed by atoms with Gasteiger partial charge < -0.3 is 30.3 Å². The van der Waals surface area contributed by atoms with Gasteiger partial charge in [0.1, 0.15) is 12.6 Å². The van der Waals surface area contributed by atoms with Crippen molar-refractivity contribution in [2.75, 3.05) is 39.9 Å². The lowest BCUT2D eigenvalue weighted by Crippen LogP contribution is -2.54. The zero-order chi connectivity index (χ0) is 38.1. The van der Waals surface area contributed by atoms with Crippen molar-refractivity contribution in [3.63, 3.8) is 0 Å². The van der Waals surface area contributed by atoms with Crippen LogP contribution in [0.15, 0.2) is 77.8 Å². The SMILES string of the molecule is CC(C)c1nc(CN(C)C(=O)NC(CCN2CCOCC2)C(=O)NC(CCC(Cc2ccccc2)NC(=O)OCc2cncs2)Cc2ccccc2)cs1. The van der Waals surface area contributed by atoms with Crippen molar-refractivity contribution in [2.24, 2.45) is 0 Å². The van der Waals surface area contributed by atoms with Gasteiger partial charge in [0.2, 0.25) is 5.91 Å². The van der Waals surface area contributed by atoms with Crippen LogP contribution in [0.1, 0.15) is 65.7 Å². The second-order valence-electron chi connectivity index (χ2n) is 14.0. The highest BCUT2D eigenvalue weighted by molar-refractivity contribution is 7.09. The number of benzene rings is 2. The van der Waals surface area contributed by atoms with Gasteiger partial charge in [-0.1, -0.05) is 74.5 Å². The smallest absolute Gasteiger partial charge is 0.407 e. The summed E-state index contributed by atoms with van der Waals surface area (Å²) in [7, 11) is 1.72. The first-order valence-electron chi connectivity index (χ1n) is 18.7. The van der Waals surface area contributed by atoms with Gasteiger partial charge in [0.25, 0.3) is 0 Å². The van der Waals surface area contributed by atoms with E-state index in [0.717, 1.165) is 39.8 Å². The molecule has 1 fully saturated rings. The van der Waals surface area contributed by atoms with Crippen LogP contribution in [0.2, 0.25) is 0 Å². The number of nitrogens with zero attached hydrogens (tertiary/aromatic N) is 4. The molecule has 0 aliphatic carbocycles. The van der Waals surface area contributed by atoms with E-state index in [-0.39, 0.29) is 30.6 Å². The summed E-state index contributed by atoms with van der Waals surface area (Å²) < 4.78 is 11.1. The van der Waals surface area contributed by atoms with Crippen LogP contribution in [-0.2, 0) is 40.3 Å². The number of hydrogen-bond acceptors (Lipinski definition) is 10. The van der Waals surface area contributed by atoms with Gasteiger partial charge in [0.15, 0.2) is 0 Å². The summed E-state index contributed by atoms with van der Waals surface area (Å²) in [5.74, 6) is 0.0746. The molecule has 2 aromatic heterocycles. The molecule has 1 saturated heterocycles. The number of urea groups is 1. The molecule has 5 rings (SSSR count). The fourth-order valence-corrected chi connectivity index (χ4v) is 7.58. The Balaban J connectivity index is 1.28. The van der Waals surface area contributed by atoms with E-state index in [2.05, 4.69) is 44.7 Å². The monoisotopic (exact) mass is 775 g/mol. The maximum atomic E-state index is 14.2. The first kappa shape index (κ1) is 40.8. The van der Waals surface area contributed by atoms with Gasteiger partial charge >= 0.3 is 12.1 Å². The Kier molecular flexibility index (Phi) is 16.2. The van der Waals surface area contributed by atoms with Crippen LogP contribution in [0, 0.1) is 0 Å². The molecule has 14 heteroatoms. The van der Waals surface area contributed by atoms with Gasteiger partial charge in [0.05, 0.1) is 40.8 Å². The topological polar surface area (TPSA) is 138 Å². The lowest BCUT2D eigenvalue weighted by atomic mass is 9.95. The summed E-state index contributed by atoms with van der Waals surface area (Å²) in [5, 5.41) is 12.4. The first-order valence-corrected chi connectivity index (χ1v) is 20.4. The van der Waals surface area contributed by atoms with Crippen molar-refractivity contribution in [1.29, 1.82) is 0 Å². The molecule has 4 amide bonds. The molecule has 0 bridgehead atoms. The van der Waals surface area contributed by atoms with Crippen molar-refractivity contribution in [3.8, 4) is 0 Å². The summed E-state index contributed by atoms with van der Waals surface area (Å²) >= 11 is 3.02. The van der Waals surface area contributed by atoms with Crippen LogP contribution in [0.4, 0.5) is 9.59 Å². The Bertz CT molecular complexity index is 1700. The van der Waals surface area contributed by atoms with Crippen molar-refractivity contribution >= 4 is 40.7 Å². The van der Waals surface area contributed by atoms with Gasteiger partial charge in [-0.3, -0.25) is 14.7 Å². The molecule has 12 nitrogen and oxygen atoms in total. The molecule has 0 spiro atoms. The Labute approximate surface area is 326 Å². The summed E-state index contributed by atoms with van der Waals surface area (Å²) in [6.45, 7) is 8.19. The number of hydrogen-bond donors (Lipinski definition) is 3. The number of alkyl carbamates (subject to hydrolysis) is 1. The van der Waals surface area contributed by atoms with E-state index >= 15 is 0 Å². The number of rotatable bonds is 19. The van der Waals surface area contributed by atoms with Gasteiger partial charge in [-0.25, -0.2) is 14.6 Å². The molecule has 1 aliphatic heterocycles. The minimum Gasteiger partial charge on any atom is -0.444 e. The molecule has 1 aliphatic rings. The third-order valence-electron chi connectivity index (χ3n) is 9.27. The van der Waals surface area contributed by atoms with Crippen molar-refractivity contribution in [2.45, 2.75) is 83.1 Å². The van der Waals surface area contributed by atoms with E-state index in [0.29, 0.717) is 64.3 Å². The second kappa shape index (κ2) is 21.5. The predicted molar refractivity (Wildman–Crippen MR) is 213 cm³/mol. The number of aromatic nitrogens is 2. The van der Waals surface area contributed by atoms with Crippen LogP contribution in [0.5, 0.6) is 0 Å². The van der Waals surface area contributed by atoms with Crippen LogP contribution >= 0.6 is 22.7 Å². The fourth-order valence-electron chi connectivity index (χ4n) is 6.25. The molecule has 3 N–H and O–H groups in total. The molecule has 2 aromatic carbocycles. The normalized spacial score (nSPS) is 14.9. The largest absolute Gasteiger partial charge is 0.444 e. The number of carbonyl (C=O) groups excluding carboxylic acids is 3. The molecule has 4 aromatic rings. The Morgan fingerprint density at radius 2 is 1.54 bits per heavy atom. The Morgan fingerprint density at radius 3 is 2.13 bits per heavy atom. The van der Waals surface area contributed by atoms with Gasteiger partial charge in [-0.05, 0) is 43.2 Å². The van der Waals surface area contributed by atoms with Crippen molar-refractivity contribution < 1.29 is 23.9 Å². The van der Waals surface area contributed by atoms with E-state index in [1.807, 2.05) is 66.0 Å². The summed E-state index contributed by atoms with van der Waals surface area (Å²) in [6.07, 6.45) is 4.00. The molecule has 290 valence electrons. The molecule has 0 radical (unpaired) electrons. The quantitative estimate of drug-likeness (QED) is 0.106. The number of nitrogens with one attached hydrogen (secondary N) is 3. The van der Waals surface area contributed by atoms with Crippen LogP contribution in [-0.4, -0.2) is 95.8 Å². The van der Waals surface area contributed by atoms with Gasteiger partial charge in [-0.15, -0.1) is 22.7 Å². The minimum absolute atomic E-state index is 0.150. The zero-order valence-corrected chi connectivity index (χ0v) is 33.1. The van der Waals surface area contributed by atoms with E-state index in [1.165, 1.54) is 11.3 Å². The standard InChI is InChI=1S/C40H53N7O5S2/c1-29(2)38-43-34(27-53-38)25-46(3)39(49)45-36(16-17-47-18-20-51-21-19-47)37(48)42-32(22-30-10-6-4-7-11-30)14-15-33(23-31-12-8-5-9-13-31)44-40(50)52-26-35-24-41-28-54-35/h4-13,24,27-29,32-33,36H,14-23,25-26H2,1-3H3,(H,42,48)(H,44,50)(H,45,49). The highest BCUT2D eigenvalue weighted by atomic mass is 32.1. The number of thiazole rings is 2. The number of amides is 4. The molecule has 0 saturated carbocycles. The lowest BCUT2D eigenvalue weighted by molar-refractivity contribution is -0.124. The van der Waals surface area contributed by atoms with E-state index in [4.69, 9.17) is 9.47 Å². The lowest BCUT2D eigenvalue weighted by Gasteiger charge is -2.30. The van der Waals surface area contributed by atoms with E-state index < -0.39 is 12.1 Å². The first-order chi connectivity index (χ1) is 26.2. The van der Waals surface area contributed by atoms with Crippen LogP contribution in [0.25, 0.3) is 0 Å². The zero-order valence-electron chi connectivity index (χ0n) is 31.4. The van der Waals surface area contributed by atoms with Gasteiger partial charge in [-0.2, -0.15) is 0 Å². The maximum Gasteiger partial charge on any atom is 0.407 e. The Morgan fingerprint density at radius 1 is 0.889 bits per heavy atom. The molecule has 3 atom stereocenters. The molecule has 3 heterocycles. The average Bonchev–Trinajstić information content (AvgIpc) is 3.89. The average molecular weight is 776 g/mol. The predicted octanol–water partition coefficient (Wildman–Crippen LogP) is 6.00. The van der Waals surface area contributed by atoms with Gasteiger partial charge in [0, 0.05) is 56.3 Å². The molecule has 54 heavy (non-hydrogen) atoms. The van der Waals surface area contributed by atoms with Crippen LogP contribution < -0.4 is 16.0 Å². The summed E-state index contributed by atoms with van der Waals surface area (Å²) in [6, 6.07) is 18.4. The molecular weight excluding hydrogens is 723 g/mol. The van der Waals surface area contributed by atoms with E-state index in [1.54, 1.807) is 35.0 Å². The van der Waals surface area contributed by atoms with E-state index in [9.17, 15) is 14.4 Å². The fraction of sp³-hybridized carbons (Fsp3) is 0.475. The summed E-state index contributed by atoms with van der Waals surface area (Å²) in [5.41, 5.74) is 4.70. The maximum absolute atomic E-state index is 14.2. The third-order valence-corrected chi connectivity index (χ3v) is 11.2. The Hall–Kier alpha value is -4.37. The summed E-state index contributed by atoms with van der Waals surface area (Å²) in [4.78, 5) is 54.2. The number of ether oxygens (including phenoxy) is 2. The highest BCUT2D eigenvalue weighted by Crippen LogP contribution is 2.20. The van der Waals surface area contributed by atoms with Crippen molar-refractivity contribution in [1.82, 2.24) is 35.7 Å². The molecular formula is C40H53N7O5S2. The number of morpholine rings is 1.